The third-order valence-electron chi connectivity index (χ3n) is 5.21. The van der Waals surface area contributed by atoms with E-state index in [-0.39, 0.29) is 5.56 Å². The Morgan fingerprint density at radius 2 is 1.93 bits per heavy atom. The molecule has 1 saturated heterocycles. The molecule has 2 aromatic rings. The minimum absolute atomic E-state index is 0.359. The van der Waals surface area contributed by atoms with Crippen molar-refractivity contribution >= 4 is 23.1 Å². The molecule has 0 spiro atoms. The van der Waals surface area contributed by atoms with Crippen LogP contribution in [0.15, 0.2) is 47.6 Å². The molecule has 7 heteroatoms. The first-order valence-corrected chi connectivity index (χ1v) is 9.57. The van der Waals surface area contributed by atoms with Gasteiger partial charge in [0.1, 0.15) is 5.82 Å². The van der Waals surface area contributed by atoms with Crippen molar-refractivity contribution < 1.29 is 19.1 Å². The van der Waals surface area contributed by atoms with Gasteiger partial charge in [-0.15, -0.1) is 0 Å². The Labute approximate surface area is 168 Å². The second-order valence-electron chi connectivity index (χ2n) is 7.14. The maximum absolute atomic E-state index is 13.9. The number of carboxylic acid groups (broad SMARTS) is 1. The smallest absolute Gasteiger partial charge is 0.338 e. The second-order valence-corrected chi connectivity index (χ2v) is 7.14. The van der Waals surface area contributed by atoms with Crippen LogP contribution in [0.2, 0.25) is 0 Å². The number of nitrogens with zero attached hydrogens (tertiary/aromatic N) is 2. The van der Waals surface area contributed by atoms with Gasteiger partial charge in [0.15, 0.2) is 5.76 Å². The van der Waals surface area contributed by atoms with E-state index in [1.807, 2.05) is 12.1 Å². The number of aromatic carboxylic acids is 1. The van der Waals surface area contributed by atoms with Crippen LogP contribution in [-0.2, 0) is 4.84 Å². The normalized spacial score (nSPS) is 16.7. The van der Waals surface area contributed by atoms with E-state index in [4.69, 9.17) is 9.94 Å². The van der Waals surface area contributed by atoms with E-state index < -0.39 is 11.8 Å². The van der Waals surface area contributed by atoms with Crippen LogP contribution in [0.5, 0.6) is 0 Å². The first-order chi connectivity index (χ1) is 14.0. The Hall–Kier alpha value is -3.19. The summed E-state index contributed by atoms with van der Waals surface area (Å²) in [6, 6.07) is 10.2. The average molecular weight is 395 g/mol. The SMILES string of the molecule is Cc1cc(C2=CCC(c3ccc(C(=O)O)c(F)c3)=NO2)ccc1N1CCNCC1. The number of rotatable bonds is 4. The Balaban J connectivity index is 1.48. The van der Waals surface area contributed by atoms with Crippen molar-refractivity contribution in [3.05, 3.63) is 70.5 Å². The summed E-state index contributed by atoms with van der Waals surface area (Å²) in [5.74, 6) is -1.42. The number of allylic oxidation sites excluding steroid dienone is 1. The molecular weight excluding hydrogens is 373 g/mol. The lowest BCUT2D eigenvalue weighted by atomic mass is 10.0. The Kier molecular flexibility index (Phi) is 5.31. The van der Waals surface area contributed by atoms with Gasteiger partial charge in [0.05, 0.1) is 11.3 Å². The largest absolute Gasteiger partial charge is 0.478 e. The number of hydrogen-bond acceptors (Lipinski definition) is 5. The fourth-order valence-electron chi connectivity index (χ4n) is 3.65. The van der Waals surface area contributed by atoms with Crippen LogP contribution >= 0.6 is 0 Å². The quantitative estimate of drug-likeness (QED) is 0.830. The van der Waals surface area contributed by atoms with Gasteiger partial charge in [-0.3, -0.25) is 0 Å². The fourth-order valence-corrected chi connectivity index (χ4v) is 3.65. The van der Waals surface area contributed by atoms with Gasteiger partial charge in [-0.1, -0.05) is 11.2 Å². The first-order valence-electron chi connectivity index (χ1n) is 9.57. The summed E-state index contributed by atoms with van der Waals surface area (Å²) in [5, 5.41) is 16.4. The van der Waals surface area contributed by atoms with Gasteiger partial charge in [-0.25, -0.2) is 9.18 Å². The van der Waals surface area contributed by atoms with Gasteiger partial charge in [0, 0.05) is 49.4 Å². The minimum Gasteiger partial charge on any atom is -0.478 e. The molecule has 0 aliphatic carbocycles. The van der Waals surface area contributed by atoms with Crippen molar-refractivity contribution in [1.82, 2.24) is 5.32 Å². The highest BCUT2D eigenvalue weighted by Crippen LogP contribution is 2.28. The molecule has 0 saturated carbocycles. The predicted molar refractivity (Wildman–Crippen MR) is 110 cm³/mol. The molecule has 29 heavy (non-hydrogen) atoms. The summed E-state index contributed by atoms with van der Waals surface area (Å²) < 4.78 is 13.9. The zero-order valence-corrected chi connectivity index (χ0v) is 16.1. The second kappa shape index (κ2) is 8.05. The molecule has 0 amide bonds. The number of oxime groups is 1. The molecule has 0 unspecified atom stereocenters. The molecule has 0 aromatic heterocycles. The molecule has 4 rings (SSSR count). The summed E-state index contributed by atoms with van der Waals surface area (Å²) in [4.78, 5) is 18.9. The van der Waals surface area contributed by atoms with Gasteiger partial charge >= 0.3 is 5.97 Å². The van der Waals surface area contributed by atoms with Gasteiger partial charge < -0.3 is 20.2 Å². The maximum Gasteiger partial charge on any atom is 0.338 e. The highest BCUT2D eigenvalue weighted by atomic mass is 19.1. The average Bonchev–Trinajstić information content (AvgIpc) is 2.74. The summed E-state index contributed by atoms with van der Waals surface area (Å²) in [7, 11) is 0. The molecule has 0 bridgehead atoms. The van der Waals surface area contributed by atoms with Crippen LogP contribution in [0.4, 0.5) is 10.1 Å². The van der Waals surface area contributed by atoms with Crippen molar-refractivity contribution in [2.45, 2.75) is 13.3 Å². The van der Waals surface area contributed by atoms with E-state index in [2.05, 4.69) is 34.4 Å². The number of hydrogen-bond donors (Lipinski definition) is 2. The molecule has 2 N–H and O–H groups in total. The van der Waals surface area contributed by atoms with Crippen molar-refractivity contribution in [2.75, 3.05) is 31.1 Å². The van der Waals surface area contributed by atoms with Gasteiger partial charge in [0.25, 0.3) is 0 Å². The zero-order valence-electron chi connectivity index (χ0n) is 16.1. The number of carbonyl (C=O) groups is 1. The maximum atomic E-state index is 13.9. The number of halogens is 1. The lowest BCUT2D eigenvalue weighted by Crippen LogP contribution is -2.43. The van der Waals surface area contributed by atoms with E-state index in [0.29, 0.717) is 23.5 Å². The number of anilines is 1. The molecular formula is C22H22FN3O3. The topological polar surface area (TPSA) is 74.2 Å². The van der Waals surface area contributed by atoms with Crippen molar-refractivity contribution in [2.24, 2.45) is 5.16 Å². The van der Waals surface area contributed by atoms with Gasteiger partial charge in [-0.2, -0.15) is 0 Å². The molecule has 2 aliphatic heterocycles. The molecule has 2 aliphatic rings. The molecule has 0 atom stereocenters. The summed E-state index contributed by atoms with van der Waals surface area (Å²) in [6.45, 7) is 6.04. The summed E-state index contributed by atoms with van der Waals surface area (Å²) in [5.41, 5.74) is 4.05. The lowest BCUT2D eigenvalue weighted by molar-refractivity contribution is 0.0692. The van der Waals surface area contributed by atoms with Crippen LogP contribution in [0.25, 0.3) is 5.76 Å². The number of nitrogens with one attached hydrogen (secondary N) is 1. The summed E-state index contributed by atoms with van der Waals surface area (Å²) in [6.07, 6.45) is 2.38. The standard InChI is InChI=1S/C22H22FN3O3/c1-14-12-16(3-6-20(14)26-10-8-24-9-11-26)21-7-5-19(25-29-21)15-2-4-17(22(27)28)18(23)13-15/h2-4,6-7,12-13,24H,5,8-11H2,1H3,(H,27,28). The molecule has 6 nitrogen and oxygen atoms in total. The summed E-state index contributed by atoms with van der Waals surface area (Å²) >= 11 is 0. The third kappa shape index (κ3) is 4.00. The Bertz CT molecular complexity index is 1010. The highest BCUT2D eigenvalue weighted by molar-refractivity contribution is 6.03. The number of piperazine rings is 1. The first kappa shape index (κ1) is 19.1. The van der Waals surface area contributed by atoms with E-state index >= 15 is 0 Å². The van der Waals surface area contributed by atoms with Crippen LogP contribution in [0, 0.1) is 12.7 Å². The zero-order chi connectivity index (χ0) is 20.4. The van der Waals surface area contributed by atoms with Crippen LogP contribution < -0.4 is 10.2 Å². The Morgan fingerprint density at radius 1 is 1.17 bits per heavy atom. The number of carboxylic acids is 1. The monoisotopic (exact) mass is 395 g/mol. The van der Waals surface area contributed by atoms with E-state index in [9.17, 15) is 9.18 Å². The molecule has 2 heterocycles. The molecule has 1 fully saturated rings. The minimum atomic E-state index is -1.29. The van der Waals surface area contributed by atoms with E-state index in [0.717, 1.165) is 31.7 Å². The third-order valence-corrected chi connectivity index (χ3v) is 5.21. The van der Waals surface area contributed by atoms with Crippen molar-refractivity contribution in [3.63, 3.8) is 0 Å². The van der Waals surface area contributed by atoms with Crippen LogP contribution in [0.1, 0.15) is 33.5 Å². The van der Waals surface area contributed by atoms with E-state index in [1.54, 1.807) is 6.07 Å². The van der Waals surface area contributed by atoms with Crippen LogP contribution in [-0.4, -0.2) is 43.0 Å². The van der Waals surface area contributed by atoms with E-state index in [1.165, 1.54) is 23.4 Å². The molecule has 0 radical (unpaired) electrons. The van der Waals surface area contributed by atoms with Gasteiger partial charge in [0.2, 0.25) is 0 Å². The lowest BCUT2D eigenvalue weighted by Gasteiger charge is -2.31. The highest BCUT2D eigenvalue weighted by Gasteiger charge is 2.18. The number of benzene rings is 2. The molecule has 150 valence electrons. The fraction of sp³-hybridized carbons (Fsp3) is 0.273. The van der Waals surface area contributed by atoms with Crippen molar-refractivity contribution in [3.8, 4) is 0 Å². The number of aryl methyl sites for hydroxylation is 1. The van der Waals surface area contributed by atoms with Gasteiger partial charge in [-0.05, 0) is 48.9 Å². The molecule has 2 aromatic carbocycles. The van der Waals surface area contributed by atoms with Crippen molar-refractivity contribution in [1.29, 1.82) is 0 Å². The van der Waals surface area contributed by atoms with Crippen LogP contribution in [0.3, 0.4) is 0 Å². The predicted octanol–water partition coefficient (Wildman–Crippen LogP) is 3.41. The Morgan fingerprint density at radius 3 is 2.55 bits per heavy atom.